The summed E-state index contributed by atoms with van der Waals surface area (Å²) in [5, 5.41) is 0. The number of nitrogens with zero attached hydrogens (tertiary/aromatic N) is 2. The molecule has 2 aliphatic rings. The van der Waals surface area contributed by atoms with E-state index in [1.807, 2.05) is 12.2 Å². The highest BCUT2D eigenvalue weighted by Gasteiger charge is 2.58. The van der Waals surface area contributed by atoms with Crippen LogP contribution in [0.4, 0.5) is 13.2 Å². The number of esters is 1. The van der Waals surface area contributed by atoms with Gasteiger partial charge in [0, 0.05) is 18.3 Å². The predicted molar refractivity (Wildman–Crippen MR) is 92.9 cm³/mol. The Morgan fingerprint density at radius 3 is 2.85 bits per heavy atom. The molecule has 0 saturated heterocycles. The minimum absolute atomic E-state index is 0.0683. The molecule has 0 radical (unpaired) electrons. The molecule has 2 aromatic rings. The molecule has 2 heterocycles. The molecule has 142 valence electrons. The summed E-state index contributed by atoms with van der Waals surface area (Å²) in [4.78, 5) is 16.1. The van der Waals surface area contributed by atoms with Crippen LogP contribution in [0.5, 0.6) is 0 Å². The van der Waals surface area contributed by atoms with E-state index < -0.39 is 11.9 Å². The number of fused-ring (bicyclic) bond motifs is 1. The molecule has 1 fully saturated rings. The van der Waals surface area contributed by atoms with Gasteiger partial charge in [0.2, 0.25) is 0 Å². The quantitative estimate of drug-likeness (QED) is 0.744. The smallest absolute Gasteiger partial charge is 0.434 e. The van der Waals surface area contributed by atoms with Gasteiger partial charge in [0.1, 0.15) is 5.65 Å². The zero-order chi connectivity index (χ0) is 19.2. The highest BCUT2D eigenvalue weighted by Crippen LogP contribution is 2.59. The Morgan fingerprint density at radius 2 is 2.19 bits per heavy atom. The number of hydrogen-bond acceptors (Lipinski definition) is 3. The normalized spacial score (nSPS) is 27.1. The fourth-order valence-corrected chi connectivity index (χ4v) is 4.07. The largest absolute Gasteiger partial charge is 0.466 e. The molecule has 2 aliphatic carbocycles. The van der Waals surface area contributed by atoms with Crippen molar-refractivity contribution < 1.29 is 22.7 Å². The second-order valence-electron chi connectivity index (χ2n) is 6.94. The number of halogens is 3. The average molecular weight is 376 g/mol. The SMILES string of the molecule is CCOC(=O)[C@H]1[C@H](c2ccn3cc(C(F)(F)F)nc3c2)[C@H]1C1C=CC=CC1. The molecular formula is C20H19F3N2O2. The monoisotopic (exact) mass is 376 g/mol. The fourth-order valence-electron chi connectivity index (χ4n) is 4.07. The van der Waals surface area contributed by atoms with E-state index in [4.69, 9.17) is 4.74 Å². The van der Waals surface area contributed by atoms with Gasteiger partial charge in [0.15, 0.2) is 5.69 Å². The Hall–Kier alpha value is -2.57. The zero-order valence-corrected chi connectivity index (χ0v) is 14.7. The number of rotatable bonds is 4. The van der Waals surface area contributed by atoms with Crippen LogP contribution in [0.3, 0.4) is 0 Å². The average Bonchev–Trinajstić information content (AvgIpc) is 3.23. The topological polar surface area (TPSA) is 43.6 Å². The third-order valence-electron chi connectivity index (χ3n) is 5.30. The molecular weight excluding hydrogens is 357 g/mol. The molecule has 0 aromatic carbocycles. The molecule has 4 nitrogen and oxygen atoms in total. The van der Waals surface area contributed by atoms with Crippen LogP contribution in [-0.4, -0.2) is 22.0 Å². The van der Waals surface area contributed by atoms with Gasteiger partial charge in [0.05, 0.1) is 12.5 Å². The van der Waals surface area contributed by atoms with Crippen LogP contribution in [0.15, 0.2) is 48.8 Å². The molecule has 7 heteroatoms. The summed E-state index contributed by atoms with van der Waals surface area (Å²) in [6.07, 6.45) is 7.00. The van der Waals surface area contributed by atoms with Gasteiger partial charge in [0.25, 0.3) is 0 Å². The highest BCUT2D eigenvalue weighted by atomic mass is 19.4. The van der Waals surface area contributed by atoms with Gasteiger partial charge in [-0.25, -0.2) is 4.98 Å². The van der Waals surface area contributed by atoms with Gasteiger partial charge >= 0.3 is 12.1 Å². The molecule has 4 atom stereocenters. The Balaban J connectivity index is 1.66. The summed E-state index contributed by atoms with van der Waals surface area (Å²) < 4.78 is 45.3. The van der Waals surface area contributed by atoms with Crippen LogP contribution in [0.2, 0.25) is 0 Å². The Kier molecular flexibility index (Phi) is 4.32. The van der Waals surface area contributed by atoms with Crippen molar-refractivity contribution in [3.63, 3.8) is 0 Å². The lowest BCUT2D eigenvalue weighted by Crippen LogP contribution is -2.11. The number of carbonyl (C=O) groups excluding carboxylic acids is 1. The molecule has 0 spiro atoms. The van der Waals surface area contributed by atoms with E-state index in [2.05, 4.69) is 17.1 Å². The molecule has 0 bridgehead atoms. The summed E-state index contributed by atoms with van der Waals surface area (Å²) in [5.41, 5.74) is 0.134. The van der Waals surface area contributed by atoms with E-state index in [0.29, 0.717) is 6.61 Å². The van der Waals surface area contributed by atoms with Crippen molar-refractivity contribution in [2.45, 2.75) is 25.4 Å². The molecule has 1 saturated carbocycles. The molecule has 1 unspecified atom stereocenters. The fraction of sp³-hybridized carbons (Fsp3) is 0.400. The van der Waals surface area contributed by atoms with Crippen molar-refractivity contribution in [1.29, 1.82) is 0 Å². The van der Waals surface area contributed by atoms with E-state index in [0.717, 1.165) is 18.2 Å². The second-order valence-corrected chi connectivity index (χ2v) is 6.94. The Labute approximate surface area is 154 Å². The molecule has 0 aliphatic heterocycles. The number of ether oxygens (including phenoxy) is 1. The van der Waals surface area contributed by atoms with E-state index in [1.54, 1.807) is 25.3 Å². The van der Waals surface area contributed by atoms with Crippen LogP contribution in [0, 0.1) is 17.8 Å². The minimum atomic E-state index is -4.49. The number of hydrogen-bond donors (Lipinski definition) is 0. The van der Waals surface area contributed by atoms with Crippen molar-refractivity contribution in [1.82, 2.24) is 9.38 Å². The van der Waals surface area contributed by atoms with Gasteiger partial charge in [-0.1, -0.05) is 24.3 Å². The lowest BCUT2D eigenvalue weighted by Gasteiger charge is -2.12. The molecule has 27 heavy (non-hydrogen) atoms. The van der Waals surface area contributed by atoms with Crippen molar-refractivity contribution in [3.05, 3.63) is 60.1 Å². The Bertz CT molecular complexity index is 929. The summed E-state index contributed by atoms with van der Waals surface area (Å²) in [6.45, 7) is 2.08. The number of allylic oxidation sites excluding steroid dienone is 4. The number of aromatic nitrogens is 2. The van der Waals surface area contributed by atoms with Crippen molar-refractivity contribution in [2.75, 3.05) is 6.61 Å². The van der Waals surface area contributed by atoms with Crippen LogP contribution in [0.25, 0.3) is 5.65 Å². The standard InChI is InChI=1S/C20H19F3N2O2/c1-2-27-19(26)18-16(12-6-4-3-5-7-12)17(18)13-8-9-25-11-14(20(21,22)23)24-15(25)10-13/h3-6,8-12,16-18H,2,7H2,1H3/t12?,16-,17-,18-/m1/s1. The number of pyridine rings is 1. The number of carbonyl (C=O) groups is 1. The first kappa shape index (κ1) is 17.8. The van der Waals surface area contributed by atoms with Gasteiger partial charge < -0.3 is 9.14 Å². The highest BCUT2D eigenvalue weighted by molar-refractivity contribution is 5.78. The maximum absolute atomic E-state index is 12.9. The maximum atomic E-state index is 12.9. The number of imidazole rings is 1. The van der Waals surface area contributed by atoms with E-state index >= 15 is 0 Å². The summed E-state index contributed by atoms with van der Waals surface area (Å²) in [5.74, 6) is -0.276. The predicted octanol–water partition coefficient (Wildman–Crippen LogP) is 4.38. The van der Waals surface area contributed by atoms with Crippen molar-refractivity contribution in [3.8, 4) is 0 Å². The van der Waals surface area contributed by atoms with E-state index in [1.165, 1.54) is 4.40 Å². The van der Waals surface area contributed by atoms with Gasteiger partial charge in [-0.3, -0.25) is 4.79 Å². The first-order valence-electron chi connectivity index (χ1n) is 8.96. The second kappa shape index (κ2) is 6.55. The minimum Gasteiger partial charge on any atom is -0.466 e. The maximum Gasteiger partial charge on any atom is 0.434 e. The first-order chi connectivity index (χ1) is 12.9. The van der Waals surface area contributed by atoms with Crippen LogP contribution in [-0.2, 0) is 15.7 Å². The Morgan fingerprint density at radius 1 is 1.37 bits per heavy atom. The summed E-state index contributed by atoms with van der Waals surface area (Å²) in [6, 6.07) is 3.42. The van der Waals surface area contributed by atoms with Crippen LogP contribution >= 0.6 is 0 Å². The van der Waals surface area contributed by atoms with Crippen molar-refractivity contribution in [2.24, 2.45) is 17.8 Å². The zero-order valence-electron chi connectivity index (χ0n) is 14.7. The van der Waals surface area contributed by atoms with Gasteiger partial charge in [-0.05, 0) is 42.9 Å². The summed E-state index contributed by atoms with van der Waals surface area (Å²) >= 11 is 0. The number of alkyl halides is 3. The van der Waals surface area contributed by atoms with Crippen LogP contribution < -0.4 is 0 Å². The molecule has 4 rings (SSSR count). The molecule has 0 N–H and O–H groups in total. The summed E-state index contributed by atoms with van der Waals surface area (Å²) in [7, 11) is 0. The van der Waals surface area contributed by atoms with Crippen molar-refractivity contribution >= 4 is 11.6 Å². The first-order valence-corrected chi connectivity index (χ1v) is 8.96. The van der Waals surface area contributed by atoms with Crippen LogP contribution in [0.1, 0.15) is 30.5 Å². The molecule has 0 amide bonds. The van der Waals surface area contributed by atoms with E-state index in [9.17, 15) is 18.0 Å². The third-order valence-corrected chi connectivity index (χ3v) is 5.30. The lowest BCUT2D eigenvalue weighted by atomic mass is 9.93. The van der Waals surface area contributed by atoms with Gasteiger partial charge in [-0.2, -0.15) is 13.2 Å². The van der Waals surface area contributed by atoms with E-state index in [-0.39, 0.29) is 35.3 Å². The third kappa shape index (κ3) is 3.26. The van der Waals surface area contributed by atoms with Gasteiger partial charge in [-0.15, -0.1) is 0 Å². The molecule has 2 aromatic heterocycles. The lowest BCUT2D eigenvalue weighted by molar-refractivity contribution is -0.145.